The lowest BCUT2D eigenvalue weighted by Crippen LogP contribution is -2.43. The van der Waals surface area contributed by atoms with Crippen molar-refractivity contribution >= 4 is 12.1 Å². The van der Waals surface area contributed by atoms with Crippen LogP contribution in [0.4, 0.5) is 10.1 Å². The molecule has 240 valence electrons. The summed E-state index contributed by atoms with van der Waals surface area (Å²) in [5, 5.41) is 16.3. The number of benzene rings is 2. The molecule has 2 aromatic rings. The molecule has 1 atom stereocenters. The van der Waals surface area contributed by atoms with E-state index in [1.165, 1.54) is 75.2 Å². The fraction of sp³-hybridized carbons (Fsp3) is 0.618. The zero-order chi connectivity index (χ0) is 30.7. The molecule has 4 N–H and O–H groups in total. The van der Waals surface area contributed by atoms with Gasteiger partial charge in [0, 0.05) is 64.1 Å². The second-order valence-electron chi connectivity index (χ2n) is 11.4. The Hall–Kier alpha value is -2.88. The van der Waals surface area contributed by atoms with Gasteiger partial charge in [0.2, 0.25) is 6.41 Å². The van der Waals surface area contributed by atoms with E-state index < -0.39 is 0 Å². The number of aryl methyl sites for hydroxylation is 1. The topological polar surface area (TPSA) is 95.1 Å². The average Bonchev–Trinajstić information content (AvgIpc) is 3.66. The lowest BCUT2D eigenvalue weighted by molar-refractivity contribution is -0.109. The maximum absolute atomic E-state index is 14.5. The normalized spacial score (nSPS) is 17.5. The maximum atomic E-state index is 14.5. The third-order valence-electron chi connectivity index (χ3n) is 8.39. The van der Waals surface area contributed by atoms with Crippen LogP contribution in [0.5, 0.6) is 11.5 Å². The molecular weight excluding hydrogens is 547 g/mol. The monoisotopic (exact) mass is 600 g/mol. The summed E-state index contributed by atoms with van der Waals surface area (Å²) in [5.41, 5.74) is 3.43. The Kier molecular flexibility index (Phi) is 16.2. The Labute approximate surface area is 257 Å². The number of carbonyl (C=O) groups excluding carboxylic acids is 1. The van der Waals surface area contributed by atoms with E-state index in [2.05, 4.69) is 39.0 Å². The van der Waals surface area contributed by atoms with Gasteiger partial charge in [0.15, 0.2) is 0 Å². The highest BCUT2D eigenvalue weighted by atomic mass is 19.1. The number of aliphatic hydroxyl groups is 1. The summed E-state index contributed by atoms with van der Waals surface area (Å²) in [6.07, 6.45) is 11.9. The van der Waals surface area contributed by atoms with E-state index in [0.717, 1.165) is 57.6 Å². The lowest BCUT2D eigenvalue weighted by Gasteiger charge is -2.30. The Morgan fingerprint density at radius 3 is 2.35 bits per heavy atom. The zero-order valence-corrected chi connectivity index (χ0v) is 26.2. The number of nitrogens with one attached hydrogen (secondary N) is 3. The Bertz CT molecular complexity index is 1050. The molecule has 5 rings (SSSR count). The third-order valence-corrected chi connectivity index (χ3v) is 8.39. The van der Waals surface area contributed by atoms with Gasteiger partial charge < -0.3 is 35.4 Å². The zero-order valence-electron chi connectivity index (χ0n) is 26.2. The van der Waals surface area contributed by atoms with Gasteiger partial charge in [-0.15, -0.1) is 0 Å². The van der Waals surface area contributed by atoms with Gasteiger partial charge in [-0.25, -0.2) is 4.39 Å². The first-order chi connectivity index (χ1) is 21.2. The van der Waals surface area contributed by atoms with Crippen molar-refractivity contribution in [2.75, 3.05) is 64.9 Å². The molecule has 8 nitrogen and oxygen atoms in total. The van der Waals surface area contributed by atoms with Crippen LogP contribution in [0.25, 0.3) is 0 Å². The maximum Gasteiger partial charge on any atom is 0.207 e. The van der Waals surface area contributed by atoms with Crippen LogP contribution in [-0.4, -0.2) is 77.7 Å². The van der Waals surface area contributed by atoms with Crippen LogP contribution in [0.1, 0.15) is 74.8 Å². The van der Waals surface area contributed by atoms with Crippen LogP contribution < -0.4 is 30.3 Å². The van der Waals surface area contributed by atoms with Crippen LogP contribution in [-0.2, 0) is 11.2 Å². The van der Waals surface area contributed by atoms with Gasteiger partial charge in [0.1, 0.15) is 23.4 Å². The second-order valence-corrected chi connectivity index (χ2v) is 11.4. The number of aliphatic hydroxyl groups excluding tert-OH is 1. The van der Waals surface area contributed by atoms with Gasteiger partial charge in [-0.3, -0.25) is 4.79 Å². The number of ether oxygens (including phenoxy) is 2. The van der Waals surface area contributed by atoms with Gasteiger partial charge in [0.25, 0.3) is 0 Å². The summed E-state index contributed by atoms with van der Waals surface area (Å²) < 4.78 is 26.5. The quantitative estimate of drug-likeness (QED) is 0.206. The minimum atomic E-state index is -0.293. The van der Waals surface area contributed by atoms with E-state index in [-0.39, 0.29) is 11.9 Å². The fourth-order valence-electron chi connectivity index (χ4n) is 6.10. The number of anilines is 1. The van der Waals surface area contributed by atoms with Crippen molar-refractivity contribution < 1.29 is 23.8 Å². The number of carbonyl (C=O) groups is 1. The van der Waals surface area contributed by atoms with E-state index in [4.69, 9.17) is 14.6 Å². The van der Waals surface area contributed by atoms with Gasteiger partial charge >= 0.3 is 0 Å². The van der Waals surface area contributed by atoms with Crippen molar-refractivity contribution in [2.45, 2.75) is 76.2 Å². The van der Waals surface area contributed by atoms with Gasteiger partial charge in [-0.05, 0) is 80.8 Å². The summed E-state index contributed by atoms with van der Waals surface area (Å²) in [7, 11) is 2.75. The van der Waals surface area contributed by atoms with E-state index in [1.807, 2.05) is 6.07 Å². The van der Waals surface area contributed by atoms with Crippen LogP contribution in [0.3, 0.4) is 0 Å². The molecule has 0 aromatic heterocycles. The molecule has 2 aromatic carbocycles. The third kappa shape index (κ3) is 12.0. The lowest BCUT2D eigenvalue weighted by atomic mass is 9.83. The molecule has 3 fully saturated rings. The molecule has 2 aliphatic heterocycles. The number of methoxy groups -OCH3 is 1. The van der Waals surface area contributed by atoms with E-state index in [1.54, 1.807) is 13.2 Å². The number of hydrogen-bond acceptors (Lipinski definition) is 7. The van der Waals surface area contributed by atoms with E-state index in [0.29, 0.717) is 31.0 Å². The molecule has 1 saturated carbocycles. The highest BCUT2D eigenvalue weighted by Crippen LogP contribution is 2.38. The number of piperazine rings is 1. The van der Waals surface area contributed by atoms with Gasteiger partial charge in [0.05, 0.1) is 7.11 Å². The second kappa shape index (κ2) is 20.1. The predicted octanol–water partition coefficient (Wildman–Crippen LogP) is 4.79. The Morgan fingerprint density at radius 1 is 0.977 bits per heavy atom. The molecule has 0 bridgehead atoms. The van der Waals surface area contributed by atoms with Crippen molar-refractivity contribution in [1.82, 2.24) is 16.0 Å². The van der Waals surface area contributed by atoms with Crippen molar-refractivity contribution in [2.24, 2.45) is 0 Å². The first kappa shape index (κ1) is 34.6. The van der Waals surface area contributed by atoms with E-state index >= 15 is 0 Å². The smallest absolute Gasteiger partial charge is 0.207 e. The van der Waals surface area contributed by atoms with Crippen molar-refractivity contribution in [3.8, 4) is 11.5 Å². The summed E-state index contributed by atoms with van der Waals surface area (Å²) >= 11 is 0. The van der Waals surface area contributed by atoms with Crippen LogP contribution in [0.15, 0.2) is 36.4 Å². The highest BCUT2D eigenvalue weighted by Gasteiger charge is 2.21. The molecule has 0 radical (unpaired) electrons. The molecule has 1 aliphatic carbocycles. The highest BCUT2D eigenvalue weighted by molar-refractivity contribution is 5.52. The molecule has 3 aliphatic rings. The van der Waals surface area contributed by atoms with Crippen LogP contribution in [0, 0.1) is 5.82 Å². The number of rotatable bonds is 12. The van der Waals surface area contributed by atoms with E-state index in [9.17, 15) is 9.18 Å². The molecule has 2 heterocycles. The van der Waals surface area contributed by atoms with Crippen molar-refractivity contribution in [3.05, 3.63) is 53.3 Å². The Balaban J connectivity index is 0.000000644. The standard InChI is InChI=1S/C29H40FN3O3.C4H9N.CH4O/c1-35-29-10-8-22(17-28(29)23-5-3-2-4-6-23)7-9-26(11-12-32-21-34)36-27-19-24(30)18-25(20-27)33-15-13-31-14-16-33;1-2-4-5-3-1;1-2/h8,10,17-21,23,26,31H,2-7,9,11-16H2,1H3,(H,32,34);5H,1-4H2;2H,1H3. The minimum Gasteiger partial charge on any atom is -0.496 e. The average molecular weight is 601 g/mol. The SMILES string of the molecule is C1CCNC1.CO.COc1ccc(CCC(CCNC=O)Oc2cc(F)cc(N3CCNCC3)c2)cc1C1CCCCC1. The van der Waals surface area contributed by atoms with Gasteiger partial charge in [-0.2, -0.15) is 0 Å². The van der Waals surface area contributed by atoms with Crippen molar-refractivity contribution in [1.29, 1.82) is 0 Å². The first-order valence-electron chi connectivity index (χ1n) is 16.1. The number of hydrogen-bond donors (Lipinski definition) is 4. The number of nitrogens with zero attached hydrogens (tertiary/aromatic N) is 1. The molecule has 43 heavy (non-hydrogen) atoms. The van der Waals surface area contributed by atoms with Crippen LogP contribution >= 0.6 is 0 Å². The largest absolute Gasteiger partial charge is 0.496 e. The Morgan fingerprint density at radius 2 is 1.70 bits per heavy atom. The molecular formula is C34H53FN4O4. The summed E-state index contributed by atoms with van der Waals surface area (Å²) in [6, 6.07) is 11.5. The number of amides is 1. The van der Waals surface area contributed by atoms with Crippen molar-refractivity contribution in [3.63, 3.8) is 0 Å². The molecule has 0 spiro atoms. The summed E-state index contributed by atoms with van der Waals surface area (Å²) in [4.78, 5) is 13.0. The number of halogens is 1. The summed E-state index contributed by atoms with van der Waals surface area (Å²) in [6.45, 7) is 6.48. The van der Waals surface area contributed by atoms with Gasteiger partial charge in [-0.1, -0.05) is 31.4 Å². The minimum absolute atomic E-state index is 0.143. The first-order valence-corrected chi connectivity index (χ1v) is 16.1. The summed E-state index contributed by atoms with van der Waals surface area (Å²) in [5.74, 6) is 1.79. The molecule has 9 heteroatoms. The predicted molar refractivity (Wildman–Crippen MR) is 172 cm³/mol. The molecule has 1 amide bonds. The van der Waals surface area contributed by atoms with Crippen LogP contribution in [0.2, 0.25) is 0 Å². The fourth-order valence-corrected chi connectivity index (χ4v) is 6.10. The molecule has 1 unspecified atom stereocenters. The molecule has 2 saturated heterocycles.